The van der Waals surface area contributed by atoms with Gasteiger partial charge in [-0.05, 0) is 43.0 Å². The molecule has 1 saturated heterocycles. The number of piperazine rings is 1. The number of ether oxygens (including phenoxy) is 1. The summed E-state index contributed by atoms with van der Waals surface area (Å²) in [6.45, 7) is 11.0. The van der Waals surface area contributed by atoms with Crippen LogP contribution in [0.2, 0.25) is 0 Å². The molecular weight excluding hydrogens is 354 g/mol. The number of hydrogen-bond acceptors (Lipinski definition) is 5. The molecule has 1 fully saturated rings. The van der Waals surface area contributed by atoms with E-state index in [2.05, 4.69) is 58.3 Å². The van der Waals surface area contributed by atoms with Crippen LogP contribution in [0.4, 0.5) is 5.13 Å². The van der Waals surface area contributed by atoms with Gasteiger partial charge in [0, 0.05) is 37.8 Å². The van der Waals surface area contributed by atoms with Crippen LogP contribution >= 0.6 is 11.3 Å². The van der Waals surface area contributed by atoms with Gasteiger partial charge in [0.15, 0.2) is 5.13 Å². The number of unbranched alkanes of at least 4 members (excludes halogenated alkanes) is 3. The molecule has 0 spiro atoms. The van der Waals surface area contributed by atoms with E-state index >= 15 is 0 Å². The smallest absolute Gasteiger partial charge is 0.185 e. The van der Waals surface area contributed by atoms with Crippen molar-refractivity contribution in [2.45, 2.75) is 45.4 Å². The number of aromatic nitrogens is 1. The van der Waals surface area contributed by atoms with Gasteiger partial charge in [0.05, 0.1) is 6.61 Å². The molecule has 0 aliphatic carbocycles. The van der Waals surface area contributed by atoms with Crippen molar-refractivity contribution < 1.29 is 4.74 Å². The van der Waals surface area contributed by atoms with Gasteiger partial charge >= 0.3 is 0 Å². The van der Waals surface area contributed by atoms with E-state index in [0.717, 1.165) is 45.0 Å². The highest BCUT2D eigenvalue weighted by atomic mass is 32.1. The van der Waals surface area contributed by atoms with Crippen LogP contribution < -0.4 is 9.64 Å². The molecule has 4 nitrogen and oxygen atoms in total. The molecule has 2 aromatic rings. The van der Waals surface area contributed by atoms with E-state index in [1.54, 1.807) is 11.3 Å². The molecule has 0 radical (unpaired) electrons. The van der Waals surface area contributed by atoms with Crippen molar-refractivity contribution in [1.29, 1.82) is 0 Å². The molecule has 0 amide bonds. The van der Waals surface area contributed by atoms with Crippen LogP contribution in [0.5, 0.6) is 5.75 Å². The second kappa shape index (κ2) is 10.7. The molecule has 0 unspecified atom stereocenters. The van der Waals surface area contributed by atoms with E-state index in [1.165, 1.54) is 36.5 Å². The Labute approximate surface area is 168 Å². The highest BCUT2D eigenvalue weighted by molar-refractivity contribution is 7.13. The summed E-state index contributed by atoms with van der Waals surface area (Å²) in [5.74, 6) is 1.58. The Morgan fingerprint density at radius 1 is 1.00 bits per heavy atom. The molecular formula is C22H33N3OS. The first-order valence-corrected chi connectivity index (χ1v) is 11.2. The van der Waals surface area contributed by atoms with Crippen molar-refractivity contribution in [2.75, 3.05) is 44.2 Å². The summed E-state index contributed by atoms with van der Waals surface area (Å²) in [6.07, 6.45) is 6.88. The maximum absolute atomic E-state index is 5.86. The van der Waals surface area contributed by atoms with Crippen molar-refractivity contribution in [3.05, 3.63) is 41.4 Å². The average molecular weight is 388 g/mol. The summed E-state index contributed by atoms with van der Waals surface area (Å²) >= 11 is 1.74. The van der Waals surface area contributed by atoms with E-state index in [-0.39, 0.29) is 0 Å². The van der Waals surface area contributed by atoms with Crippen LogP contribution in [0.1, 0.15) is 51.0 Å². The lowest BCUT2D eigenvalue weighted by atomic mass is 10.0. The zero-order chi connectivity index (χ0) is 18.9. The lowest BCUT2D eigenvalue weighted by Crippen LogP contribution is -2.46. The Hall–Kier alpha value is -1.59. The quantitative estimate of drug-likeness (QED) is 0.535. The average Bonchev–Trinajstić information content (AvgIpc) is 3.23. The fraction of sp³-hybridized carbons (Fsp3) is 0.591. The predicted molar refractivity (Wildman–Crippen MR) is 115 cm³/mol. The van der Waals surface area contributed by atoms with Crippen molar-refractivity contribution in [3.63, 3.8) is 0 Å². The van der Waals surface area contributed by atoms with E-state index in [1.807, 2.05) is 6.20 Å². The summed E-state index contributed by atoms with van der Waals surface area (Å²) < 4.78 is 5.86. The topological polar surface area (TPSA) is 28.6 Å². The highest BCUT2D eigenvalue weighted by Gasteiger charge is 2.17. The number of benzene rings is 1. The van der Waals surface area contributed by atoms with Crippen molar-refractivity contribution in [1.82, 2.24) is 9.88 Å². The molecule has 1 aliphatic heterocycles. The molecule has 2 heterocycles. The first kappa shape index (κ1) is 20.2. The van der Waals surface area contributed by atoms with Crippen molar-refractivity contribution in [3.8, 4) is 5.75 Å². The molecule has 3 rings (SSSR count). The minimum Gasteiger partial charge on any atom is -0.494 e. The van der Waals surface area contributed by atoms with Gasteiger partial charge in [-0.3, -0.25) is 4.90 Å². The molecule has 1 aromatic carbocycles. The van der Waals surface area contributed by atoms with E-state index < -0.39 is 0 Å². The first-order chi connectivity index (χ1) is 13.2. The third-order valence-electron chi connectivity index (χ3n) is 5.25. The second-order valence-corrected chi connectivity index (χ2v) is 8.50. The first-order valence-electron chi connectivity index (χ1n) is 10.3. The Kier molecular flexibility index (Phi) is 7.96. The molecule has 1 aliphatic rings. The van der Waals surface area contributed by atoms with Crippen molar-refractivity contribution in [2.24, 2.45) is 0 Å². The number of hydrogen-bond donors (Lipinski definition) is 0. The van der Waals surface area contributed by atoms with Gasteiger partial charge in [0.1, 0.15) is 5.75 Å². The minimum absolute atomic E-state index is 0.578. The Balaban J connectivity index is 1.20. The summed E-state index contributed by atoms with van der Waals surface area (Å²) in [6, 6.07) is 8.55. The fourth-order valence-electron chi connectivity index (χ4n) is 3.46. The third-order valence-corrected chi connectivity index (χ3v) is 6.08. The monoisotopic (exact) mass is 387 g/mol. The van der Waals surface area contributed by atoms with Gasteiger partial charge in [-0.2, -0.15) is 0 Å². The second-order valence-electron chi connectivity index (χ2n) is 7.63. The fourth-order valence-corrected chi connectivity index (χ4v) is 4.16. The summed E-state index contributed by atoms with van der Waals surface area (Å²) in [7, 11) is 0. The van der Waals surface area contributed by atoms with E-state index in [9.17, 15) is 0 Å². The Bertz CT molecular complexity index is 634. The summed E-state index contributed by atoms with van der Waals surface area (Å²) in [5, 5.41) is 3.24. The standard InChI is InChI=1S/C22H33N3OS/c1-19(2)20-7-9-21(10-8-20)26-17-6-4-3-5-12-24-13-15-25(16-14-24)22-23-11-18-27-22/h7-11,18-19H,3-6,12-17H2,1-2H3. The third kappa shape index (κ3) is 6.51. The number of nitrogens with zero attached hydrogens (tertiary/aromatic N) is 3. The molecule has 0 atom stereocenters. The van der Waals surface area contributed by atoms with Crippen LogP contribution in [-0.4, -0.2) is 49.2 Å². The zero-order valence-electron chi connectivity index (χ0n) is 16.8. The zero-order valence-corrected chi connectivity index (χ0v) is 17.6. The van der Waals surface area contributed by atoms with Crippen molar-refractivity contribution >= 4 is 16.5 Å². The largest absolute Gasteiger partial charge is 0.494 e. The maximum Gasteiger partial charge on any atom is 0.185 e. The van der Waals surface area contributed by atoms with Crippen LogP contribution in [-0.2, 0) is 0 Å². The molecule has 0 N–H and O–H groups in total. The predicted octanol–water partition coefficient (Wildman–Crippen LogP) is 5.03. The van der Waals surface area contributed by atoms with Crippen LogP contribution in [0.15, 0.2) is 35.8 Å². The molecule has 0 saturated carbocycles. The summed E-state index contributed by atoms with van der Waals surface area (Å²) in [4.78, 5) is 9.42. The lowest BCUT2D eigenvalue weighted by Gasteiger charge is -2.34. The molecule has 148 valence electrons. The van der Waals surface area contributed by atoms with E-state index in [0.29, 0.717) is 5.92 Å². The Morgan fingerprint density at radius 3 is 2.41 bits per heavy atom. The van der Waals surface area contributed by atoms with Crippen LogP contribution in [0.25, 0.3) is 0 Å². The Morgan fingerprint density at radius 2 is 1.74 bits per heavy atom. The SMILES string of the molecule is CC(C)c1ccc(OCCCCCCN2CCN(c3nccs3)CC2)cc1. The van der Waals surface area contributed by atoms with Crippen LogP contribution in [0, 0.1) is 0 Å². The number of thiazole rings is 1. The van der Waals surface area contributed by atoms with Gasteiger partial charge in [-0.15, -0.1) is 11.3 Å². The van der Waals surface area contributed by atoms with Gasteiger partial charge in [-0.1, -0.05) is 38.8 Å². The normalized spacial score (nSPS) is 15.4. The highest BCUT2D eigenvalue weighted by Crippen LogP contribution is 2.20. The molecule has 5 heteroatoms. The van der Waals surface area contributed by atoms with Gasteiger partial charge in [0.25, 0.3) is 0 Å². The number of rotatable bonds is 10. The minimum atomic E-state index is 0.578. The van der Waals surface area contributed by atoms with Gasteiger partial charge in [0.2, 0.25) is 0 Å². The lowest BCUT2D eigenvalue weighted by molar-refractivity contribution is 0.249. The van der Waals surface area contributed by atoms with Crippen LogP contribution in [0.3, 0.4) is 0 Å². The van der Waals surface area contributed by atoms with E-state index in [4.69, 9.17) is 4.74 Å². The van der Waals surface area contributed by atoms with Gasteiger partial charge < -0.3 is 9.64 Å². The number of anilines is 1. The summed E-state index contributed by atoms with van der Waals surface area (Å²) in [5.41, 5.74) is 1.37. The maximum atomic E-state index is 5.86. The molecule has 1 aromatic heterocycles. The molecule has 0 bridgehead atoms. The van der Waals surface area contributed by atoms with Gasteiger partial charge in [-0.25, -0.2) is 4.98 Å². The molecule has 27 heavy (non-hydrogen) atoms.